The van der Waals surface area contributed by atoms with Crippen LogP contribution in [-0.2, 0) is 0 Å². The molecule has 2 N–H and O–H groups in total. The van der Waals surface area contributed by atoms with Gasteiger partial charge in [-0.3, -0.25) is 4.98 Å². The number of nitrogens with zero attached hydrogens (tertiary/aromatic N) is 2. The first-order valence-electron chi connectivity index (χ1n) is 4.68. The minimum atomic E-state index is -0.609. The molecule has 1 aromatic heterocycles. The molecule has 4 nitrogen and oxygen atoms in total. The van der Waals surface area contributed by atoms with Gasteiger partial charge < -0.3 is 10.4 Å². The Kier molecular flexibility index (Phi) is 2.58. The molecule has 0 saturated heterocycles. The maximum Gasteiger partial charge on any atom is 0.233 e. The van der Waals surface area contributed by atoms with Gasteiger partial charge in [0, 0.05) is 0 Å². The van der Waals surface area contributed by atoms with E-state index in [-0.39, 0.29) is 12.1 Å². The second kappa shape index (κ2) is 3.88. The Hall–Kier alpha value is -1.23. The number of hydrogen-bond donors (Lipinski definition) is 2. The molecule has 14 heavy (non-hydrogen) atoms. The van der Waals surface area contributed by atoms with E-state index < -0.39 is 5.95 Å². The molecule has 0 aliphatic heterocycles. The van der Waals surface area contributed by atoms with Gasteiger partial charge in [-0.1, -0.05) is 0 Å². The second-order valence-corrected chi connectivity index (χ2v) is 3.48. The SMILES string of the molecule is OC1CCCC1Nc1cncc(F)n1. The summed E-state index contributed by atoms with van der Waals surface area (Å²) in [4.78, 5) is 7.29. The first-order chi connectivity index (χ1) is 6.75. The molecule has 1 aliphatic rings. The van der Waals surface area contributed by atoms with Crippen molar-refractivity contribution in [1.82, 2.24) is 9.97 Å². The van der Waals surface area contributed by atoms with Crippen molar-refractivity contribution in [2.45, 2.75) is 31.4 Å². The Morgan fingerprint density at radius 1 is 1.43 bits per heavy atom. The monoisotopic (exact) mass is 197 g/mol. The van der Waals surface area contributed by atoms with E-state index >= 15 is 0 Å². The number of rotatable bonds is 2. The van der Waals surface area contributed by atoms with Crippen LogP contribution in [0.5, 0.6) is 0 Å². The van der Waals surface area contributed by atoms with Gasteiger partial charge in [-0.05, 0) is 19.3 Å². The van der Waals surface area contributed by atoms with Crippen molar-refractivity contribution in [3.05, 3.63) is 18.3 Å². The van der Waals surface area contributed by atoms with Crippen LogP contribution in [-0.4, -0.2) is 27.2 Å². The highest BCUT2D eigenvalue weighted by atomic mass is 19.1. The van der Waals surface area contributed by atoms with Crippen LogP contribution in [0.4, 0.5) is 10.2 Å². The van der Waals surface area contributed by atoms with Crippen molar-refractivity contribution < 1.29 is 9.50 Å². The van der Waals surface area contributed by atoms with Crippen molar-refractivity contribution >= 4 is 5.82 Å². The molecule has 2 atom stereocenters. The van der Waals surface area contributed by atoms with E-state index in [1.165, 1.54) is 6.20 Å². The van der Waals surface area contributed by atoms with Crippen LogP contribution in [0.25, 0.3) is 0 Å². The van der Waals surface area contributed by atoms with Gasteiger partial charge in [-0.2, -0.15) is 9.37 Å². The summed E-state index contributed by atoms with van der Waals surface area (Å²) in [5.41, 5.74) is 0. The fourth-order valence-corrected chi connectivity index (χ4v) is 1.71. The van der Waals surface area contributed by atoms with Gasteiger partial charge in [0.2, 0.25) is 5.95 Å². The molecule has 1 aromatic rings. The third-order valence-corrected chi connectivity index (χ3v) is 2.42. The second-order valence-electron chi connectivity index (χ2n) is 3.48. The molecule has 1 saturated carbocycles. The summed E-state index contributed by atoms with van der Waals surface area (Å²) in [6.07, 6.45) is 4.81. The number of aliphatic hydroxyl groups excluding tert-OH is 1. The fraction of sp³-hybridized carbons (Fsp3) is 0.556. The van der Waals surface area contributed by atoms with Crippen LogP contribution in [0.2, 0.25) is 0 Å². The van der Waals surface area contributed by atoms with Gasteiger partial charge in [-0.15, -0.1) is 0 Å². The summed E-state index contributed by atoms with van der Waals surface area (Å²) in [5, 5.41) is 12.5. The summed E-state index contributed by atoms with van der Waals surface area (Å²) in [5.74, 6) is -0.224. The molecular weight excluding hydrogens is 185 g/mol. The molecule has 2 unspecified atom stereocenters. The van der Waals surface area contributed by atoms with Crippen molar-refractivity contribution in [2.24, 2.45) is 0 Å². The van der Waals surface area contributed by atoms with Crippen LogP contribution < -0.4 is 5.32 Å². The third-order valence-electron chi connectivity index (χ3n) is 2.42. The first kappa shape index (κ1) is 9.33. The Bertz CT molecular complexity index is 321. The molecule has 0 spiro atoms. The molecule has 1 heterocycles. The van der Waals surface area contributed by atoms with Gasteiger partial charge in [-0.25, -0.2) is 0 Å². The van der Waals surface area contributed by atoms with Crippen LogP contribution >= 0.6 is 0 Å². The molecule has 2 rings (SSSR count). The average Bonchev–Trinajstić information content (AvgIpc) is 2.52. The maximum atomic E-state index is 12.7. The number of anilines is 1. The predicted octanol–water partition coefficient (Wildman–Crippen LogP) is 0.941. The molecule has 0 radical (unpaired) electrons. The molecule has 0 bridgehead atoms. The van der Waals surface area contributed by atoms with Crippen molar-refractivity contribution in [1.29, 1.82) is 0 Å². The maximum absolute atomic E-state index is 12.7. The standard InChI is InChI=1S/C9H12FN3O/c10-8-4-11-5-9(13-8)12-6-2-1-3-7(6)14/h4-7,14H,1-3H2,(H,12,13). The summed E-state index contributed by atoms with van der Waals surface area (Å²) in [6.45, 7) is 0. The predicted molar refractivity (Wildman–Crippen MR) is 49.3 cm³/mol. The summed E-state index contributed by atoms with van der Waals surface area (Å²) >= 11 is 0. The van der Waals surface area contributed by atoms with E-state index in [1.807, 2.05) is 0 Å². The topological polar surface area (TPSA) is 58.0 Å². The van der Waals surface area contributed by atoms with Crippen molar-refractivity contribution in [2.75, 3.05) is 5.32 Å². The lowest BCUT2D eigenvalue weighted by molar-refractivity contribution is 0.171. The third kappa shape index (κ3) is 1.98. The summed E-state index contributed by atoms with van der Waals surface area (Å²) < 4.78 is 12.7. The minimum Gasteiger partial charge on any atom is -0.391 e. The number of aromatic nitrogens is 2. The van der Waals surface area contributed by atoms with Crippen LogP contribution in [0.15, 0.2) is 12.4 Å². The zero-order valence-corrected chi connectivity index (χ0v) is 7.65. The highest BCUT2D eigenvalue weighted by molar-refractivity contribution is 5.32. The number of hydrogen-bond acceptors (Lipinski definition) is 4. The summed E-state index contributed by atoms with van der Waals surface area (Å²) in [7, 11) is 0. The van der Waals surface area contributed by atoms with E-state index in [1.54, 1.807) is 0 Å². The molecular formula is C9H12FN3O. The largest absolute Gasteiger partial charge is 0.391 e. The van der Waals surface area contributed by atoms with Gasteiger partial charge in [0.1, 0.15) is 5.82 Å². The lowest BCUT2D eigenvalue weighted by atomic mass is 10.2. The van der Waals surface area contributed by atoms with E-state index in [4.69, 9.17) is 0 Å². The highest BCUT2D eigenvalue weighted by Crippen LogP contribution is 2.21. The van der Waals surface area contributed by atoms with Crippen LogP contribution in [0, 0.1) is 5.95 Å². The molecule has 5 heteroatoms. The van der Waals surface area contributed by atoms with E-state index in [9.17, 15) is 9.50 Å². The van der Waals surface area contributed by atoms with Crippen molar-refractivity contribution in [3.8, 4) is 0 Å². The summed E-state index contributed by atoms with van der Waals surface area (Å²) in [6, 6.07) is -0.0221. The van der Waals surface area contributed by atoms with E-state index in [0.717, 1.165) is 25.5 Å². The Morgan fingerprint density at radius 3 is 2.93 bits per heavy atom. The minimum absolute atomic E-state index is 0.0221. The number of aliphatic hydroxyl groups is 1. The highest BCUT2D eigenvalue weighted by Gasteiger charge is 2.25. The smallest absolute Gasteiger partial charge is 0.233 e. The normalized spacial score (nSPS) is 26.4. The fourth-order valence-electron chi connectivity index (χ4n) is 1.71. The van der Waals surface area contributed by atoms with Gasteiger partial charge in [0.05, 0.1) is 24.5 Å². The number of nitrogens with one attached hydrogen (secondary N) is 1. The molecule has 1 fully saturated rings. The first-order valence-corrected chi connectivity index (χ1v) is 4.68. The Balaban J connectivity index is 2.03. The van der Waals surface area contributed by atoms with E-state index in [0.29, 0.717) is 5.82 Å². The lowest BCUT2D eigenvalue weighted by Gasteiger charge is -2.16. The Labute approximate surface area is 81.2 Å². The number of halogens is 1. The average molecular weight is 197 g/mol. The van der Waals surface area contributed by atoms with Crippen LogP contribution in [0.1, 0.15) is 19.3 Å². The zero-order chi connectivity index (χ0) is 9.97. The molecule has 1 aliphatic carbocycles. The van der Waals surface area contributed by atoms with Gasteiger partial charge in [0.15, 0.2) is 0 Å². The molecule has 0 amide bonds. The zero-order valence-electron chi connectivity index (χ0n) is 7.65. The van der Waals surface area contributed by atoms with E-state index in [2.05, 4.69) is 15.3 Å². The van der Waals surface area contributed by atoms with Crippen molar-refractivity contribution in [3.63, 3.8) is 0 Å². The Morgan fingerprint density at radius 2 is 2.29 bits per heavy atom. The van der Waals surface area contributed by atoms with Crippen LogP contribution in [0.3, 0.4) is 0 Å². The lowest BCUT2D eigenvalue weighted by Crippen LogP contribution is -2.28. The quantitative estimate of drug-likeness (QED) is 0.740. The van der Waals surface area contributed by atoms with Gasteiger partial charge in [0.25, 0.3) is 0 Å². The molecule has 0 aromatic carbocycles. The molecule has 76 valence electrons. The van der Waals surface area contributed by atoms with Gasteiger partial charge >= 0.3 is 0 Å².